The smallest absolute Gasteiger partial charge is 0.251 e. The number of hydrogen-bond donors (Lipinski definition) is 8. The van der Waals surface area contributed by atoms with Crippen LogP contribution in [0.3, 0.4) is 0 Å². The molecule has 13 nitrogen and oxygen atoms in total. The van der Waals surface area contributed by atoms with Crippen LogP contribution in [0.4, 0.5) is 0 Å². The standard InChI is InChI=1S/C39H45NO12/c41-16-11-29-34(45)36(47)32(43)27(51-29)9-5-21-3-7-23-24-8-4-22(6-10-28-33(44)37(48)35(46)31(20-42)52-28)19-26(24)39(25(23)18-21)12-14-40(15-13-39)38(49)30-2-1-17-50-30/h3-4,7-8,18-19,27-37,41-48H,1-2,11-17,20H2/t27-,28-,29-,30+,31-,32-,33-,34-,35-,36-,37-/m1/s1. The molecule has 2 aromatic rings. The summed E-state index contributed by atoms with van der Waals surface area (Å²) in [6, 6.07) is 11.7. The minimum absolute atomic E-state index is 0.00223. The van der Waals surface area contributed by atoms with Crippen LogP contribution >= 0.6 is 0 Å². The summed E-state index contributed by atoms with van der Waals surface area (Å²) in [5.41, 5.74) is 4.81. The molecular formula is C39H45NO12. The van der Waals surface area contributed by atoms with E-state index in [0.29, 0.717) is 50.1 Å². The van der Waals surface area contributed by atoms with Crippen LogP contribution in [-0.2, 0) is 24.4 Å². The van der Waals surface area contributed by atoms with Crippen LogP contribution in [0.25, 0.3) is 11.1 Å². The number of likely N-dealkylation sites (tertiary alicyclic amines) is 1. The molecule has 1 aliphatic carbocycles. The van der Waals surface area contributed by atoms with Crippen molar-refractivity contribution in [1.82, 2.24) is 4.90 Å². The molecule has 5 aliphatic rings. The first kappa shape index (κ1) is 36.9. The van der Waals surface area contributed by atoms with Gasteiger partial charge in [0.2, 0.25) is 0 Å². The molecule has 11 atom stereocenters. The number of piperidine rings is 1. The van der Waals surface area contributed by atoms with Crippen molar-refractivity contribution in [2.24, 2.45) is 0 Å². The summed E-state index contributed by atoms with van der Waals surface area (Å²) in [6.45, 7) is 0.767. The fraction of sp³-hybridized carbons (Fsp3) is 0.564. The van der Waals surface area contributed by atoms with Crippen molar-refractivity contribution < 1.29 is 59.9 Å². The maximum atomic E-state index is 13.3. The van der Waals surface area contributed by atoms with Gasteiger partial charge in [0.25, 0.3) is 5.91 Å². The second kappa shape index (κ2) is 15.1. The fourth-order valence-corrected chi connectivity index (χ4v) is 8.24. The van der Waals surface area contributed by atoms with Crippen LogP contribution in [0.15, 0.2) is 36.4 Å². The average molecular weight is 720 g/mol. The topological polar surface area (TPSA) is 210 Å². The zero-order valence-electron chi connectivity index (χ0n) is 28.5. The lowest BCUT2D eigenvalue weighted by molar-refractivity contribution is -0.214. The van der Waals surface area contributed by atoms with Crippen molar-refractivity contribution in [3.8, 4) is 34.8 Å². The van der Waals surface area contributed by atoms with Crippen LogP contribution in [0.2, 0.25) is 0 Å². The summed E-state index contributed by atoms with van der Waals surface area (Å²) in [4.78, 5) is 15.2. The summed E-state index contributed by atoms with van der Waals surface area (Å²) >= 11 is 0. The van der Waals surface area contributed by atoms with Crippen LogP contribution in [0.1, 0.15) is 54.4 Å². The third-order valence-corrected chi connectivity index (χ3v) is 11.2. The van der Waals surface area contributed by atoms with Crippen LogP contribution < -0.4 is 0 Å². The summed E-state index contributed by atoms with van der Waals surface area (Å²) in [5, 5.41) is 81.2. The van der Waals surface area contributed by atoms with Crippen molar-refractivity contribution in [2.45, 2.75) is 105 Å². The summed E-state index contributed by atoms with van der Waals surface area (Å²) in [6.07, 6.45) is -10.5. The monoisotopic (exact) mass is 719 g/mol. The summed E-state index contributed by atoms with van der Waals surface area (Å²) in [7, 11) is 0. The molecule has 0 unspecified atom stereocenters. The Kier molecular flexibility index (Phi) is 10.8. The maximum Gasteiger partial charge on any atom is 0.251 e. The second-order valence-corrected chi connectivity index (χ2v) is 14.3. The van der Waals surface area contributed by atoms with Gasteiger partial charge in [-0.05, 0) is 78.6 Å². The first-order valence-corrected chi connectivity index (χ1v) is 17.9. The minimum atomic E-state index is -1.53. The zero-order chi connectivity index (χ0) is 36.7. The lowest BCUT2D eigenvalue weighted by Crippen LogP contribution is -2.58. The number of carbonyl (C=O) groups excluding carboxylic acids is 1. The number of amides is 1. The molecule has 4 aliphatic heterocycles. The number of nitrogens with zero attached hydrogens (tertiary/aromatic N) is 1. The Morgan fingerprint density at radius 2 is 1.29 bits per heavy atom. The van der Waals surface area contributed by atoms with Crippen molar-refractivity contribution in [3.63, 3.8) is 0 Å². The quantitative estimate of drug-likeness (QED) is 0.171. The number of aliphatic hydroxyl groups excluding tert-OH is 8. The van der Waals surface area contributed by atoms with Crippen LogP contribution in [0, 0.1) is 23.7 Å². The third-order valence-electron chi connectivity index (χ3n) is 11.2. The van der Waals surface area contributed by atoms with E-state index in [1.807, 2.05) is 41.3 Å². The van der Waals surface area contributed by atoms with Crippen molar-refractivity contribution in [1.29, 1.82) is 0 Å². The molecule has 7 rings (SSSR count). The highest BCUT2D eigenvalue weighted by Gasteiger charge is 2.47. The third kappa shape index (κ3) is 6.66. The van der Waals surface area contributed by atoms with Gasteiger partial charge in [-0.25, -0.2) is 0 Å². The van der Waals surface area contributed by atoms with E-state index in [-0.39, 0.29) is 18.9 Å². The van der Waals surface area contributed by atoms with Crippen LogP contribution in [-0.4, -0.2) is 152 Å². The van der Waals surface area contributed by atoms with E-state index in [4.69, 9.17) is 14.2 Å². The molecule has 278 valence electrons. The molecule has 4 saturated heterocycles. The van der Waals surface area contributed by atoms with Gasteiger partial charge in [0.15, 0.2) is 0 Å². The molecule has 2 aromatic carbocycles. The molecular weight excluding hydrogens is 674 g/mol. The molecule has 1 amide bonds. The highest BCUT2D eigenvalue weighted by molar-refractivity contribution is 5.84. The molecule has 0 saturated carbocycles. The molecule has 4 fully saturated rings. The van der Waals surface area contributed by atoms with Gasteiger partial charge < -0.3 is 60.0 Å². The Morgan fingerprint density at radius 3 is 1.79 bits per heavy atom. The highest BCUT2D eigenvalue weighted by Crippen LogP contribution is 2.54. The second-order valence-electron chi connectivity index (χ2n) is 14.3. The van der Waals surface area contributed by atoms with Gasteiger partial charge in [-0.1, -0.05) is 35.8 Å². The fourth-order valence-electron chi connectivity index (χ4n) is 8.24. The lowest BCUT2D eigenvalue weighted by atomic mass is 9.70. The normalized spacial score (nSPS) is 34.8. The van der Waals surface area contributed by atoms with E-state index in [1.54, 1.807) is 0 Å². The summed E-state index contributed by atoms with van der Waals surface area (Å²) < 4.78 is 17.1. The van der Waals surface area contributed by atoms with E-state index >= 15 is 0 Å². The SMILES string of the molecule is O=C([C@@H]1CCCO1)N1CCC2(CC1)c1cc(C#C[C@H]3O[C@H](CO)[C@@H](O)[C@H](O)[C@@H]3O)ccc1-c1ccc(C#C[C@H]3O[C@H](CCO)[C@@H](O)[C@H](O)[C@@H]3O)cc12. The predicted octanol–water partition coefficient (Wildman–Crippen LogP) is -1.47. The predicted molar refractivity (Wildman–Crippen MR) is 183 cm³/mol. The first-order valence-electron chi connectivity index (χ1n) is 17.9. The number of ether oxygens (including phenoxy) is 3. The van der Waals surface area contributed by atoms with Crippen molar-refractivity contribution in [2.75, 3.05) is 32.9 Å². The van der Waals surface area contributed by atoms with E-state index in [9.17, 15) is 45.6 Å². The molecule has 0 aromatic heterocycles. The van der Waals surface area contributed by atoms with Gasteiger partial charge in [-0.2, -0.15) is 0 Å². The molecule has 13 heteroatoms. The Morgan fingerprint density at radius 1 is 0.750 bits per heavy atom. The van der Waals surface area contributed by atoms with E-state index < -0.39 is 79.2 Å². The molecule has 0 bridgehead atoms. The number of carbonyl (C=O) groups is 1. The van der Waals surface area contributed by atoms with Gasteiger partial charge in [-0.3, -0.25) is 4.79 Å². The number of fused-ring (bicyclic) bond motifs is 5. The van der Waals surface area contributed by atoms with Crippen molar-refractivity contribution >= 4 is 5.91 Å². The molecule has 52 heavy (non-hydrogen) atoms. The average Bonchev–Trinajstić information content (AvgIpc) is 3.79. The Bertz CT molecular complexity index is 1760. The Labute approximate surface area is 301 Å². The van der Waals surface area contributed by atoms with E-state index in [1.165, 1.54) is 0 Å². The number of aliphatic hydroxyl groups is 8. The van der Waals surface area contributed by atoms with Crippen molar-refractivity contribution in [3.05, 3.63) is 58.7 Å². The molecule has 1 spiro atoms. The van der Waals surface area contributed by atoms with E-state index in [2.05, 4.69) is 23.7 Å². The maximum absolute atomic E-state index is 13.3. The largest absolute Gasteiger partial charge is 0.396 e. The van der Waals surface area contributed by atoms with Gasteiger partial charge in [0.1, 0.15) is 61.0 Å². The van der Waals surface area contributed by atoms with E-state index in [0.717, 1.165) is 28.7 Å². The Hall–Kier alpha value is -3.41. The number of benzene rings is 2. The zero-order valence-corrected chi connectivity index (χ0v) is 28.5. The van der Waals surface area contributed by atoms with Gasteiger partial charge >= 0.3 is 0 Å². The number of rotatable bonds is 4. The Balaban J connectivity index is 1.21. The summed E-state index contributed by atoms with van der Waals surface area (Å²) in [5.74, 6) is 11.9. The molecule has 0 radical (unpaired) electrons. The molecule has 8 N–H and O–H groups in total. The molecule has 4 heterocycles. The minimum Gasteiger partial charge on any atom is -0.396 e. The van der Waals surface area contributed by atoms with Gasteiger partial charge in [0.05, 0.1) is 12.7 Å². The van der Waals surface area contributed by atoms with Gasteiger partial charge in [0, 0.05) is 42.8 Å². The number of hydrogen-bond acceptors (Lipinski definition) is 12. The van der Waals surface area contributed by atoms with Gasteiger partial charge in [-0.15, -0.1) is 0 Å². The first-order chi connectivity index (χ1) is 25.1. The lowest BCUT2D eigenvalue weighted by Gasteiger charge is -2.41. The van der Waals surface area contributed by atoms with Crippen LogP contribution in [0.5, 0.6) is 0 Å². The highest BCUT2D eigenvalue weighted by atomic mass is 16.5.